The minimum Gasteiger partial charge on any atom is -0.379 e. The molecule has 1 heterocycles. The van der Waals surface area contributed by atoms with Crippen LogP contribution < -0.4 is 5.32 Å². The highest BCUT2D eigenvalue weighted by atomic mass is 32.2. The molecule has 2 rings (SSSR count). The first-order chi connectivity index (χ1) is 10.7. The Hall–Kier alpha value is -1.58. The maximum absolute atomic E-state index is 13.6. The van der Waals surface area contributed by atoms with Gasteiger partial charge in [0.15, 0.2) is 0 Å². The van der Waals surface area contributed by atoms with Crippen molar-refractivity contribution in [3.63, 3.8) is 0 Å². The topological polar surface area (TPSA) is 75.7 Å². The van der Waals surface area contributed by atoms with Gasteiger partial charge in [-0.25, -0.2) is 21.5 Å². The number of nitrogens with zero attached hydrogens (tertiary/aromatic N) is 1. The van der Waals surface area contributed by atoms with E-state index >= 15 is 0 Å². The van der Waals surface area contributed by atoms with Gasteiger partial charge in [-0.15, -0.1) is 0 Å². The molecule has 0 radical (unpaired) electrons. The van der Waals surface area contributed by atoms with Gasteiger partial charge in [0, 0.05) is 20.0 Å². The van der Waals surface area contributed by atoms with Gasteiger partial charge in [-0.1, -0.05) is 0 Å². The maximum Gasteiger partial charge on any atom is 0.254 e. The molecular weight excluding hydrogens is 330 g/mol. The molecule has 2 unspecified atom stereocenters. The quantitative estimate of drug-likeness (QED) is 0.846. The summed E-state index contributed by atoms with van der Waals surface area (Å²) in [6.45, 7) is 0.292. The molecule has 0 aliphatic carbocycles. The van der Waals surface area contributed by atoms with Crippen molar-refractivity contribution in [2.45, 2.75) is 6.04 Å². The number of hydrogen-bond acceptors (Lipinski definition) is 4. The Bertz CT molecular complexity index is 694. The van der Waals surface area contributed by atoms with E-state index in [0.717, 1.165) is 22.5 Å². The molecule has 6 nitrogen and oxygen atoms in total. The van der Waals surface area contributed by atoms with Gasteiger partial charge in [0.05, 0.1) is 30.6 Å². The number of benzene rings is 1. The van der Waals surface area contributed by atoms with Crippen LogP contribution in [0.2, 0.25) is 0 Å². The molecular formula is C14H18F2N2O4S. The number of ether oxygens (including phenoxy) is 1. The number of amides is 1. The predicted octanol–water partition coefficient (Wildman–Crippen LogP) is 0.601. The van der Waals surface area contributed by atoms with Crippen LogP contribution in [0, 0.1) is 17.6 Å². The zero-order chi connectivity index (χ0) is 17.2. The smallest absolute Gasteiger partial charge is 0.254 e. The van der Waals surface area contributed by atoms with Crippen LogP contribution in [0.4, 0.5) is 8.78 Å². The standard InChI is InChI=1S/C14H18F2N2O4S/c1-18(2)23(20,21)8-9-6-22-7-13(9)17-14(19)11-5-10(15)3-4-12(11)16/h3-5,9,13H,6-8H2,1-2H3,(H,17,19). The summed E-state index contributed by atoms with van der Waals surface area (Å²) in [4.78, 5) is 12.1. The number of carbonyl (C=O) groups excluding carboxylic acids is 1. The summed E-state index contributed by atoms with van der Waals surface area (Å²) < 4.78 is 56.9. The van der Waals surface area contributed by atoms with Crippen LogP contribution in [0.5, 0.6) is 0 Å². The van der Waals surface area contributed by atoms with Crippen molar-refractivity contribution in [1.29, 1.82) is 0 Å². The lowest BCUT2D eigenvalue weighted by molar-refractivity contribution is 0.0921. The van der Waals surface area contributed by atoms with Crippen LogP contribution >= 0.6 is 0 Å². The molecule has 0 aromatic heterocycles. The third kappa shape index (κ3) is 4.24. The van der Waals surface area contributed by atoms with E-state index in [4.69, 9.17) is 4.74 Å². The molecule has 2 atom stereocenters. The van der Waals surface area contributed by atoms with Crippen molar-refractivity contribution in [2.24, 2.45) is 5.92 Å². The van der Waals surface area contributed by atoms with E-state index in [1.54, 1.807) is 0 Å². The molecule has 0 bridgehead atoms. The molecule has 1 aliphatic rings. The third-order valence-corrected chi connectivity index (χ3v) is 5.63. The second-order valence-corrected chi connectivity index (χ2v) is 7.79. The zero-order valence-corrected chi connectivity index (χ0v) is 13.6. The molecule has 1 aliphatic heterocycles. The number of sulfonamides is 1. The van der Waals surface area contributed by atoms with Crippen LogP contribution in [0.25, 0.3) is 0 Å². The molecule has 1 amide bonds. The molecule has 9 heteroatoms. The van der Waals surface area contributed by atoms with E-state index in [-0.39, 0.29) is 19.0 Å². The molecule has 128 valence electrons. The Kier molecular flexibility index (Phi) is 5.33. The van der Waals surface area contributed by atoms with E-state index in [1.165, 1.54) is 14.1 Å². The molecule has 23 heavy (non-hydrogen) atoms. The highest BCUT2D eigenvalue weighted by Crippen LogP contribution is 2.18. The fourth-order valence-corrected chi connectivity index (χ4v) is 3.43. The minimum absolute atomic E-state index is 0.121. The summed E-state index contributed by atoms with van der Waals surface area (Å²) in [5.74, 6) is -3.03. The van der Waals surface area contributed by atoms with Gasteiger partial charge < -0.3 is 10.1 Å². The van der Waals surface area contributed by atoms with Gasteiger partial charge in [0.25, 0.3) is 5.91 Å². The Labute approximate surface area is 133 Å². The van der Waals surface area contributed by atoms with E-state index in [2.05, 4.69) is 5.32 Å². The van der Waals surface area contributed by atoms with Crippen molar-refractivity contribution in [3.8, 4) is 0 Å². The van der Waals surface area contributed by atoms with Crippen molar-refractivity contribution < 1.29 is 26.7 Å². The van der Waals surface area contributed by atoms with E-state index in [1.807, 2.05) is 0 Å². The van der Waals surface area contributed by atoms with Crippen LogP contribution in [0.3, 0.4) is 0 Å². The summed E-state index contributed by atoms with van der Waals surface area (Å²) in [6.07, 6.45) is 0. The molecule has 0 saturated carbocycles. The van der Waals surface area contributed by atoms with Crippen molar-refractivity contribution in [2.75, 3.05) is 33.1 Å². The lowest BCUT2D eigenvalue weighted by atomic mass is 10.1. The summed E-state index contributed by atoms with van der Waals surface area (Å²) in [6, 6.07) is 1.99. The average molecular weight is 348 g/mol. The Morgan fingerprint density at radius 2 is 2.04 bits per heavy atom. The fraction of sp³-hybridized carbons (Fsp3) is 0.500. The Morgan fingerprint density at radius 1 is 1.35 bits per heavy atom. The minimum atomic E-state index is -3.46. The highest BCUT2D eigenvalue weighted by molar-refractivity contribution is 7.89. The number of hydrogen-bond donors (Lipinski definition) is 1. The number of halogens is 2. The van der Waals surface area contributed by atoms with Crippen molar-refractivity contribution in [3.05, 3.63) is 35.4 Å². The lowest BCUT2D eigenvalue weighted by Gasteiger charge is -2.21. The first-order valence-electron chi connectivity index (χ1n) is 6.94. The molecule has 1 N–H and O–H groups in total. The second kappa shape index (κ2) is 6.90. The largest absolute Gasteiger partial charge is 0.379 e. The van der Waals surface area contributed by atoms with Crippen LogP contribution in [0.15, 0.2) is 18.2 Å². The zero-order valence-electron chi connectivity index (χ0n) is 12.8. The Morgan fingerprint density at radius 3 is 2.70 bits per heavy atom. The first-order valence-corrected chi connectivity index (χ1v) is 8.55. The van der Waals surface area contributed by atoms with Gasteiger partial charge in [-0.05, 0) is 18.2 Å². The predicted molar refractivity (Wildman–Crippen MR) is 79.4 cm³/mol. The second-order valence-electron chi connectivity index (χ2n) is 5.56. The highest BCUT2D eigenvalue weighted by Gasteiger charge is 2.34. The van der Waals surface area contributed by atoms with Gasteiger partial charge in [-0.3, -0.25) is 4.79 Å². The molecule has 1 aromatic carbocycles. The van der Waals surface area contributed by atoms with Crippen molar-refractivity contribution in [1.82, 2.24) is 9.62 Å². The molecule has 1 fully saturated rings. The normalized spacial score (nSPS) is 21.6. The molecule has 0 spiro atoms. The van der Waals surface area contributed by atoms with Gasteiger partial charge in [-0.2, -0.15) is 0 Å². The number of carbonyl (C=O) groups is 1. The number of rotatable bonds is 5. The maximum atomic E-state index is 13.6. The van der Waals surface area contributed by atoms with Crippen LogP contribution in [-0.2, 0) is 14.8 Å². The third-order valence-electron chi connectivity index (χ3n) is 3.67. The van der Waals surface area contributed by atoms with Gasteiger partial charge in [0.2, 0.25) is 10.0 Å². The van der Waals surface area contributed by atoms with Crippen molar-refractivity contribution >= 4 is 15.9 Å². The summed E-state index contributed by atoms with van der Waals surface area (Å²) in [5, 5.41) is 2.52. The Balaban J connectivity index is 2.09. The molecule has 1 aromatic rings. The van der Waals surface area contributed by atoms with Crippen LogP contribution in [0.1, 0.15) is 10.4 Å². The van der Waals surface area contributed by atoms with E-state index < -0.39 is 45.1 Å². The van der Waals surface area contributed by atoms with E-state index in [9.17, 15) is 22.0 Å². The summed E-state index contributed by atoms with van der Waals surface area (Å²) in [7, 11) is -0.627. The van der Waals surface area contributed by atoms with Crippen LogP contribution in [-0.4, -0.2) is 57.7 Å². The summed E-state index contributed by atoms with van der Waals surface area (Å²) in [5.41, 5.74) is -0.425. The first kappa shape index (κ1) is 17.8. The van der Waals surface area contributed by atoms with E-state index in [0.29, 0.717) is 0 Å². The monoisotopic (exact) mass is 348 g/mol. The number of nitrogens with one attached hydrogen (secondary N) is 1. The van der Waals surface area contributed by atoms with Gasteiger partial charge in [0.1, 0.15) is 11.6 Å². The molecule has 1 saturated heterocycles. The lowest BCUT2D eigenvalue weighted by Crippen LogP contribution is -2.43. The summed E-state index contributed by atoms with van der Waals surface area (Å²) >= 11 is 0. The fourth-order valence-electron chi connectivity index (χ4n) is 2.26. The average Bonchev–Trinajstić information content (AvgIpc) is 2.87. The SMILES string of the molecule is CN(C)S(=O)(=O)CC1COCC1NC(=O)c1cc(F)ccc1F. The van der Waals surface area contributed by atoms with Gasteiger partial charge >= 0.3 is 0 Å².